The van der Waals surface area contributed by atoms with Gasteiger partial charge in [0.25, 0.3) is 0 Å². The Hall–Kier alpha value is -1.76. The van der Waals surface area contributed by atoms with Crippen LogP contribution >= 0.6 is 22.9 Å². The normalized spacial score (nSPS) is 15.7. The molecule has 1 aliphatic heterocycles. The molecule has 5 nitrogen and oxygen atoms in total. The summed E-state index contributed by atoms with van der Waals surface area (Å²) in [5, 5.41) is 8.89. The van der Waals surface area contributed by atoms with Gasteiger partial charge in [-0.3, -0.25) is 4.79 Å². The molecule has 0 spiro atoms. The van der Waals surface area contributed by atoms with Gasteiger partial charge in [-0.1, -0.05) is 17.7 Å². The van der Waals surface area contributed by atoms with Crippen LogP contribution in [0.2, 0.25) is 5.02 Å². The second-order valence-corrected chi connectivity index (χ2v) is 7.33. The molecule has 25 heavy (non-hydrogen) atoms. The number of hydrogen-bond acceptors (Lipinski definition) is 5. The topological polar surface area (TPSA) is 53.6 Å². The molecule has 2 heterocycles. The lowest BCUT2D eigenvalue weighted by Crippen LogP contribution is -2.37. The smallest absolute Gasteiger partial charge is 0.239 e. The van der Waals surface area contributed by atoms with Gasteiger partial charge in [0.05, 0.1) is 37.2 Å². The molecule has 134 valence electrons. The van der Waals surface area contributed by atoms with Gasteiger partial charge in [-0.15, -0.1) is 11.3 Å². The number of amides is 1. The summed E-state index contributed by atoms with van der Waals surface area (Å²) in [4.78, 5) is 15.6. The van der Waals surface area contributed by atoms with Crippen LogP contribution < -0.4 is 15.5 Å². The van der Waals surface area contributed by atoms with Gasteiger partial charge >= 0.3 is 0 Å². The van der Waals surface area contributed by atoms with Crippen molar-refractivity contribution in [1.29, 1.82) is 0 Å². The maximum Gasteiger partial charge on any atom is 0.239 e. The van der Waals surface area contributed by atoms with Crippen LogP contribution in [-0.4, -0.2) is 38.8 Å². The molecule has 2 aromatic rings. The van der Waals surface area contributed by atoms with Gasteiger partial charge in [0, 0.05) is 23.0 Å². The Balaban J connectivity index is 1.61. The number of carbonyl (C=O) groups is 1. The van der Waals surface area contributed by atoms with Gasteiger partial charge in [0.15, 0.2) is 0 Å². The van der Waals surface area contributed by atoms with E-state index in [4.69, 9.17) is 16.3 Å². The number of halogens is 1. The fourth-order valence-electron chi connectivity index (χ4n) is 2.81. The van der Waals surface area contributed by atoms with Gasteiger partial charge in [-0.05, 0) is 36.6 Å². The van der Waals surface area contributed by atoms with Crippen LogP contribution in [0.4, 0.5) is 11.4 Å². The van der Waals surface area contributed by atoms with E-state index in [1.165, 1.54) is 0 Å². The Bertz CT molecular complexity index is 702. The lowest BCUT2D eigenvalue weighted by molar-refractivity contribution is -0.120. The number of ether oxygens (including phenoxy) is 1. The fraction of sp³-hybridized carbons (Fsp3) is 0.389. The Morgan fingerprint density at radius 1 is 1.36 bits per heavy atom. The van der Waals surface area contributed by atoms with E-state index < -0.39 is 0 Å². The van der Waals surface area contributed by atoms with E-state index >= 15 is 0 Å². The monoisotopic (exact) mass is 379 g/mol. The molecule has 0 saturated carbocycles. The number of rotatable bonds is 6. The van der Waals surface area contributed by atoms with E-state index in [1.54, 1.807) is 11.3 Å². The highest BCUT2D eigenvalue weighted by molar-refractivity contribution is 7.10. The number of morpholine rings is 1. The summed E-state index contributed by atoms with van der Waals surface area (Å²) in [7, 11) is 0. The summed E-state index contributed by atoms with van der Waals surface area (Å²) in [6.07, 6.45) is 0. The lowest BCUT2D eigenvalue weighted by Gasteiger charge is -2.30. The Kier molecular flexibility index (Phi) is 6.18. The Morgan fingerprint density at radius 3 is 2.88 bits per heavy atom. The van der Waals surface area contributed by atoms with Crippen LogP contribution in [-0.2, 0) is 9.53 Å². The number of benzene rings is 1. The highest BCUT2D eigenvalue weighted by atomic mass is 35.5. The molecule has 1 saturated heterocycles. The number of nitrogens with zero attached hydrogens (tertiary/aromatic N) is 1. The molecule has 0 unspecified atom stereocenters. The first-order chi connectivity index (χ1) is 12.1. The summed E-state index contributed by atoms with van der Waals surface area (Å²) in [5.41, 5.74) is 1.92. The molecule has 7 heteroatoms. The summed E-state index contributed by atoms with van der Waals surface area (Å²) in [5.74, 6) is -0.0474. The van der Waals surface area contributed by atoms with Crippen LogP contribution in [0.5, 0.6) is 0 Å². The van der Waals surface area contributed by atoms with Crippen molar-refractivity contribution in [2.45, 2.75) is 13.0 Å². The molecule has 1 aromatic carbocycles. The Labute approximate surface area is 156 Å². The zero-order valence-corrected chi connectivity index (χ0v) is 15.7. The molecular formula is C18H22ClN3O2S. The minimum atomic E-state index is -0.0474. The van der Waals surface area contributed by atoms with E-state index in [9.17, 15) is 4.79 Å². The third-order valence-electron chi connectivity index (χ3n) is 4.10. The minimum absolute atomic E-state index is 0.00683. The highest BCUT2D eigenvalue weighted by Gasteiger charge is 2.16. The molecule has 2 N–H and O–H groups in total. The van der Waals surface area contributed by atoms with Crippen molar-refractivity contribution in [2.75, 3.05) is 43.1 Å². The first kappa shape index (κ1) is 18.0. The van der Waals surface area contributed by atoms with Crippen molar-refractivity contribution in [3.63, 3.8) is 0 Å². The average Bonchev–Trinajstić information content (AvgIpc) is 3.15. The number of nitrogens with one attached hydrogen (secondary N) is 2. The quantitative estimate of drug-likeness (QED) is 0.806. The van der Waals surface area contributed by atoms with Crippen molar-refractivity contribution in [3.8, 4) is 0 Å². The van der Waals surface area contributed by atoms with Crippen molar-refractivity contribution in [3.05, 3.63) is 45.6 Å². The highest BCUT2D eigenvalue weighted by Crippen LogP contribution is 2.29. The zero-order valence-electron chi connectivity index (χ0n) is 14.1. The minimum Gasteiger partial charge on any atom is -0.378 e. The number of hydrogen-bond donors (Lipinski definition) is 2. The van der Waals surface area contributed by atoms with Gasteiger partial charge in [0.1, 0.15) is 0 Å². The SMILES string of the molecule is C[C@@H](NC(=O)CNc1cc(Cl)ccc1N1CCOCC1)c1cccs1. The van der Waals surface area contributed by atoms with Gasteiger partial charge < -0.3 is 20.3 Å². The van der Waals surface area contributed by atoms with E-state index in [0.717, 1.165) is 29.3 Å². The molecule has 1 aliphatic rings. The van der Waals surface area contributed by atoms with E-state index in [2.05, 4.69) is 15.5 Å². The number of thiophene rings is 1. The van der Waals surface area contributed by atoms with Crippen molar-refractivity contribution in [1.82, 2.24) is 5.32 Å². The fourth-order valence-corrected chi connectivity index (χ4v) is 3.71. The Morgan fingerprint density at radius 2 is 2.16 bits per heavy atom. The molecule has 1 amide bonds. The summed E-state index contributed by atoms with van der Waals surface area (Å²) >= 11 is 7.78. The van der Waals surface area contributed by atoms with Crippen LogP contribution in [0.25, 0.3) is 0 Å². The summed E-state index contributed by atoms with van der Waals surface area (Å²) < 4.78 is 5.41. The van der Waals surface area contributed by atoms with E-state index in [0.29, 0.717) is 18.2 Å². The molecule has 1 atom stereocenters. The first-order valence-electron chi connectivity index (χ1n) is 8.32. The third kappa shape index (κ3) is 4.87. The van der Waals surface area contributed by atoms with E-state index in [1.807, 2.05) is 42.6 Å². The van der Waals surface area contributed by atoms with Crippen LogP contribution in [0.15, 0.2) is 35.7 Å². The standard InChI is InChI=1S/C18H22ClN3O2S/c1-13(17-3-2-10-25-17)21-18(23)12-20-15-11-14(19)4-5-16(15)22-6-8-24-9-7-22/h2-5,10-11,13,20H,6-9,12H2,1H3,(H,21,23)/t13-/m1/s1. The maximum absolute atomic E-state index is 12.3. The summed E-state index contributed by atoms with van der Waals surface area (Å²) in [6.45, 7) is 5.27. The predicted octanol–water partition coefficient (Wildman–Crippen LogP) is 3.53. The average molecular weight is 380 g/mol. The maximum atomic E-state index is 12.3. The molecule has 3 rings (SSSR count). The largest absolute Gasteiger partial charge is 0.378 e. The molecule has 0 bridgehead atoms. The van der Waals surface area contributed by atoms with Gasteiger partial charge in [-0.2, -0.15) is 0 Å². The zero-order chi connectivity index (χ0) is 17.6. The lowest BCUT2D eigenvalue weighted by atomic mass is 10.2. The summed E-state index contributed by atoms with van der Waals surface area (Å²) in [6, 6.07) is 9.74. The predicted molar refractivity (Wildman–Crippen MR) is 104 cm³/mol. The van der Waals surface area contributed by atoms with Crippen molar-refractivity contribution in [2.24, 2.45) is 0 Å². The first-order valence-corrected chi connectivity index (χ1v) is 9.58. The second kappa shape index (κ2) is 8.56. The van der Waals surface area contributed by atoms with Crippen LogP contribution in [0.1, 0.15) is 17.8 Å². The molecule has 0 radical (unpaired) electrons. The van der Waals surface area contributed by atoms with Gasteiger partial charge in [-0.25, -0.2) is 0 Å². The second-order valence-electron chi connectivity index (χ2n) is 5.92. The number of carbonyl (C=O) groups excluding carboxylic acids is 1. The molecule has 0 aliphatic carbocycles. The van der Waals surface area contributed by atoms with Crippen molar-refractivity contribution < 1.29 is 9.53 Å². The van der Waals surface area contributed by atoms with Crippen LogP contribution in [0, 0.1) is 0 Å². The van der Waals surface area contributed by atoms with Crippen LogP contribution in [0.3, 0.4) is 0 Å². The number of anilines is 2. The molecule has 1 aromatic heterocycles. The molecule has 1 fully saturated rings. The van der Waals surface area contributed by atoms with E-state index in [-0.39, 0.29) is 18.5 Å². The van der Waals surface area contributed by atoms with Gasteiger partial charge in [0.2, 0.25) is 5.91 Å². The molecular weight excluding hydrogens is 358 g/mol. The van der Waals surface area contributed by atoms with Crippen molar-refractivity contribution >= 4 is 40.2 Å². The third-order valence-corrected chi connectivity index (χ3v) is 5.39.